The number of benzene rings is 1. The van der Waals surface area contributed by atoms with Gasteiger partial charge in [-0.25, -0.2) is 15.8 Å². The van der Waals surface area contributed by atoms with Gasteiger partial charge in [0.1, 0.15) is 11.9 Å². The molecule has 0 spiro atoms. The van der Waals surface area contributed by atoms with E-state index < -0.39 is 0 Å². The zero-order valence-corrected chi connectivity index (χ0v) is 17.6. The lowest BCUT2D eigenvalue weighted by atomic mass is 10.0. The lowest BCUT2D eigenvalue weighted by molar-refractivity contribution is -0.122. The van der Waals surface area contributed by atoms with Crippen molar-refractivity contribution in [2.45, 2.75) is 51.7 Å². The Bertz CT molecular complexity index is 984. The number of para-hydroxylation sites is 2. The summed E-state index contributed by atoms with van der Waals surface area (Å²) in [5.74, 6) is 1.68. The third-order valence-corrected chi connectivity index (χ3v) is 5.49. The molecule has 1 aliphatic rings. The fraction of sp³-hybridized carbons (Fsp3) is 0.435. The van der Waals surface area contributed by atoms with Crippen molar-refractivity contribution in [2.24, 2.45) is 5.92 Å². The number of imidazole rings is 1. The van der Waals surface area contributed by atoms with Crippen LogP contribution in [0.5, 0.6) is 0 Å². The first-order valence-electron chi connectivity index (χ1n) is 10.7. The average molecular weight is 407 g/mol. The van der Waals surface area contributed by atoms with E-state index in [2.05, 4.69) is 57.8 Å². The standard InChI is InChI=1S/C23H30N6O/c1-16(2)15-29-21-7-4-3-6-18(21)26-22(29)8-5-11-25-23(30)20-14-19(27-28-20)17-9-12-24-13-10-17/h3-4,6-7,9-10,12-13,16,19-20,27-28H,5,8,11,14-15H2,1-2H3,(H,25,30). The number of hydrogen-bond acceptors (Lipinski definition) is 5. The van der Waals surface area contributed by atoms with Gasteiger partial charge < -0.3 is 9.88 Å². The Balaban J connectivity index is 1.29. The summed E-state index contributed by atoms with van der Waals surface area (Å²) >= 11 is 0. The predicted octanol–water partition coefficient (Wildman–Crippen LogP) is 2.74. The number of amides is 1. The number of hydrogen-bond donors (Lipinski definition) is 3. The average Bonchev–Trinajstić information content (AvgIpc) is 3.37. The molecule has 3 aromatic rings. The van der Waals surface area contributed by atoms with Crippen molar-refractivity contribution >= 4 is 16.9 Å². The van der Waals surface area contributed by atoms with Crippen molar-refractivity contribution in [3.8, 4) is 0 Å². The molecule has 7 heteroatoms. The van der Waals surface area contributed by atoms with Crippen LogP contribution in [-0.2, 0) is 17.8 Å². The van der Waals surface area contributed by atoms with E-state index in [1.165, 1.54) is 5.52 Å². The number of aryl methyl sites for hydroxylation is 1. The summed E-state index contributed by atoms with van der Waals surface area (Å²) in [5, 5.41) is 3.07. The lowest BCUT2D eigenvalue weighted by Gasteiger charge is -2.13. The number of hydrazine groups is 1. The molecular formula is C23H30N6O. The van der Waals surface area contributed by atoms with Gasteiger partial charge in [0.2, 0.25) is 5.91 Å². The summed E-state index contributed by atoms with van der Waals surface area (Å²) in [5.41, 5.74) is 9.69. The third-order valence-electron chi connectivity index (χ3n) is 5.49. The van der Waals surface area contributed by atoms with Crippen LogP contribution in [0.2, 0.25) is 0 Å². The highest BCUT2D eigenvalue weighted by molar-refractivity contribution is 5.82. The molecule has 1 saturated heterocycles. The fourth-order valence-corrected chi connectivity index (χ4v) is 4.01. The van der Waals surface area contributed by atoms with Gasteiger partial charge in [-0.3, -0.25) is 9.78 Å². The van der Waals surface area contributed by atoms with Crippen LogP contribution >= 0.6 is 0 Å². The Morgan fingerprint density at radius 3 is 2.80 bits per heavy atom. The quantitative estimate of drug-likeness (QED) is 0.501. The number of aromatic nitrogens is 3. The maximum Gasteiger partial charge on any atom is 0.238 e. The minimum atomic E-state index is -0.228. The Morgan fingerprint density at radius 2 is 2.00 bits per heavy atom. The van der Waals surface area contributed by atoms with Crippen molar-refractivity contribution in [3.63, 3.8) is 0 Å². The number of carbonyl (C=O) groups is 1. The second kappa shape index (κ2) is 9.36. The number of fused-ring (bicyclic) bond motifs is 1. The van der Waals surface area contributed by atoms with Gasteiger partial charge in [-0.1, -0.05) is 26.0 Å². The van der Waals surface area contributed by atoms with E-state index in [1.807, 2.05) is 18.2 Å². The Kier molecular flexibility index (Phi) is 6.40. The molecule has 1 aliphatic heterocycles. The number of pyridine rings is 1. The van der Waals surface area contributed by atoms with E-state index >= 15 is 0 Å². The van der Waals surface area contributed by atoms with Crippen LogP contribution in [-0.4, -0.2) is 33.0 Å². The molecule has 0 bridgehead atoms. The molecule has 3 heterocycles. The molecule has 4 rings (SSSR count). The highest BCUT2D eigenvalue weighted by Crippen LogP contribution is 2.21. The van der Waals surface area contributed by atoms with Crippen LogP contribution in [0.25, 0.3) is 11.0 Å². The van der Waals surface area contributed by atoms with Crippen molar-refractivity contribution in [1.82, 2.24) is 30.7 Å². The number of carbonyl (C=O) groups excluding carboxylic acids is 1. The van der Waals surface area contributed by atoms with Crippen LogP contribution < -0.4 is 16.2 Å². The molecule has 0 radical (unpaired) electrons. The van der Waals surface area contributed by atoms with Gasteiger partial charge in [0.05, 0.1) is 11.0 Å². The lowest BCUT2D eigenvalue weighted by Crippen LogP contribution is -2.43. The first-order valence-corrected chi connectivity index (χ1v) is 10.7. The largest absolute Gasteiger partial charge is 0.355 e. The summed E-state index contributed by atoms with van der Waals surface area (Å²) < 4.78 is 2.32. The maximum atomic E-state index is 12.5. The molecule has 0 aliphatic carbocycles. The second-order valence-electron chi connectivity index (χ2n) is 8.33. The van der Waals surface area contributed by atoms with Crippen LogP contribution in [0, 0.1) is 5.92 Å². The van der Waals surface area contributed by atoms with Crippen molar-refractivity contribution in [2.75, 3.05) is 6.54 Å². The third kappa shape index (κ3) is 4.68. The molecule has 3 N–H and O–H groups in total. The van der Waals surface area contributed by atoms with Gasteiger partial charge in [0.25, 0.3) is 0 Å². The van der Waals surface area contributed by atoms with E-state index in [-0.39, 0.29) is 18.0 Å². The summed E-state index contributed by atoms with van der Waals surface area (Å²) in [6, 6.07) is 12.1. The number of nitrogens with one attached hydrogen (secondary N) is 3. The zero-order valence-electron chi connectivity index (χ0n) is 17.6. The highest BCUT2D eigenvalue weighted by atomic mass is 16.2. The molecule has 2 aromatic heterocycles. The highest BCUT2D eigenvalue weighted by Gasteiger charge is 2.29. The summed E-state index contributed by atoms with van der Waals surface area (Å²) in [4.78, 5) is 21.4. The topological polar surface area (TPSA) is 83.9 Å². The van der Waals surface area contributed by atoms with Gasteiger partial charge in [-0.2, -0.15) is 0 Å². The Morgan fingerprint density at radius 1 is 1.20 bits per heavy atom. The van der Waals surface area contributed by atoms with Crippen molar-refractivity contribution < 1.29 is 4.79 Å². The molecule has 7 nitrogen and oxygen atoms in total. The second-order valence-corrected chi connectivity index (χ2v) is 8.33. The van der Waals surface area contributed by atoms with Crippen molar-refractivity contribution in [1.29, 1.82) is 0 Å². The summed E-state index contributed by atoms with van der Waals surface area (Å²) in [6.45, 7) is 6.04. The van der Waals surface area contributed by atoms with E-state index in [4.69, 9.17) is 4.98 Å². The van der Waals surface area contributed by atoms with Crippen LogP contribution in [0.15, 0.2) is 48.8 Å². The molecule has 2 unspecified atom stereocenters. The van der Waals surface area contributed by atoms with Gasteiger partial charge >= 0.3 is 0 Å². The van der Waals surface area contributed by atoms with Crippen LogP contribution in [0.3, 0.4) is 0 Å². The normalized spacial score (nSPS) is 18.9. The van der Waals surface area contributed by atoms with E-state index in [0.717, 1.165) is 42.7 Å². The molecule has 1 amide bonds. The van der Waals surface area contributed by atoms with Gasteiger partial charge in [-0.05, 0) is 48.6 Å². The molecule has 158 valence electrons. The maximum absolute atomic E-state index is 12.5. The van der Waals surface area contributed by atoms with Crippen LogP contribution in [0.4, 0.5) is 0 Å². The van der Waals surface area contributed by atoms with Crippen LogP contribution in [0.1, 0.15) is 44.1 Å². The monoisotopic (exact) mass is 406 g/mol. The van der Waals surface area contributed by atoms with E-state index in [9.17, 15) is 4.79 Å². The predicted molar refractivity (Wildman–Crippen MR) is 118 cm³/mol. The fourth-order valence-electron chi connectivity index (χ4n) is 4.01. The summed E-state index contributed by atoms with van der Waals surface area (Å²) in [7, 11) is 0. The number of rotatable bonds is 8. The minimum absolute atomic E-state index is 0.0368. The molecule has 2 atom stereocenters. The smallest absolute Gasteiger partial charge is 0.238 e. The van der Waals surface area contributed by atoms with Gasteiger partial charge in [0.15, 0.2) is 0 Å². The first kappa shape index (κ1) is 20.5. The summed E-state index contributed by atoms with van der Waals surface area (Å²) in [6.07, 6.45) is 5.98. The molecular weight excluding hydrogens is 376 g/mol. The molecule has 30 heavy (non-hydrogen) atoms. The van der Waals surface area contributed by atoms with Gasteiger partial charge in [-0.15, -0.1) is 0 Å². The molecule has 1 aromatic carbocycles. The van der Waals surface area contributed by atoms with Crippen molar-refractivity contribution in [3.05, 3.63) is 60.2 Å². The molecule has 0 saturated carbocycles. The van der Waals surface area contributed by atoms with E-state index in [0.29, 0.717) is 12.5 Å². The molecule has 1 fully saturated rings. The Hall–Kier alpha value is -2.77. The first-order chi connectivity index (χ1) is 14.6. The number of nitrogens with zero attached hydrogens (tertiary/aromatic N) is 3. The Labute approximate surface area is 177 Å². The van der Waals surface area contributed by atoms with E-state index in [1.54, 1.807) is 12.4 Å². The minimum Gasteiger partial charge on any atom is -0.355 e. The van der Waals surface area contributed by atoms with Gasteiger partial charge in [0, 0.05) is 37.9 Å². The zero-order chi connectivity index (χ0) is 20.9. The SMILES string of the molecule is CC(C)Cn1c(CCCNC(=O)C2CC(c3ccncc3)NN2)nc2ccccc21.